The minimum absolute atomic E-state index is 0.00916. The molecule has 71 heavy (non-hydrogen) atoms. The molecule has 418 valence electrons. The molecule has 0 saturated carbocycles. The van der Waals surface area contributed by atoms with Crippen LogP contribution in [0.1, 0.15) is 341 Å². The number of hydrogen-bond donors (Lipinski definition) is 3. The Morgan fingerprint density at radius 1 is 0.394 bits per heavy atom. The molecule has 6 nitrogen and oxygen atoms in total. The fourth-order valence-corrected chi connectivity index (χ4v) is 9.80. The highest BCUT2D eigenvalue weighted by Gasteiger charge is 2.18. The second kappa shape index (κ2) is 60.6. The van der Waals surface area contributed by atoms with Gasteiger partial charge in [0, 0.05) is 12.8 Å². The van der Waals surface area contributed by atoms with Crippen molar-refractivity contribution in [1.29, 1.82) is 0 Å². The van der Waals surface area contributed by atoms with Crippen molar-refractivity contribution >= 4 is 11.9 Å². The third-order valence-corrected chi connectivity index (χ3v) is 14.7. The SMILES string of the molecule is CCCCCCCCCCCCCCCC/C=C/C(O)C(CO)NC(=O)CCCCCCCCCCCC/C=C\C=C/CCCCCOC(=O)CCCCCCCCCCCCCCCCCCCCC. The Labute approximate surface area is 443 Å². The van der Waals surface area contributed by atoms with E-state index in [2.05, 4.69) is 43.5 Å². The molecule has 0 fully saturated rings. The zero-order valence-corrected chi connectivity index (χ0v) is 47.7. The maximum atomic E-state index is 12.5. The van der Waals surface area contributed by atoms with Gasteiger partial charge >= 0.3 is 5.97 Å². The molecule has 0 aromatic heterocycles. The van der Waals surface area contributed by atoms with Gasteiger partial charge in [0.2, 0.25) is 5.91 Å². The van der Waals surface area contributed by atoms with Crippen molar-refractivity contribution in [3.63, 3.8) is 0 Å². The lowest BCUT2D eigenvalue weighted by Crippen LogP contribution is -2.45. The van der Waals surface area contributed by atoms with Crippen LogP contribution in [0.4, 0.5) is 0 Å². The first-order chi connectivity index (χ1) is 35.0. The lowest BCUT2D eigenvalue weighted by Gasteiger charge is -2.20. The Morgan fingerprint density at radius 2 is 0.690 bits per heavy atom. The molecular formula is C65H123NO5. The van der Waals surface area contributed by atoms with Crippen molar-refractivity contribution in [1.82, 2.24) is 5.32 Å². The Balaban J connectivity index is 3.47. The summed E-state index contributed by atoms with van der Waals surface area (Å²) in [6.07, 6.45) is 76.2. The van der Waals surface area contributed by atoms with Gasteiger partial charge in [0.25, 0.3) is 0 Å². The second-order valence-electron chi connectivity index (χ2n) is 21.8. The summed E-state index contributed by atoms with van der Waals surface area (Å²) in [6.45, 7) is 4.89. The molecule has 0 aromatic carbocycles. The summed E-state index contributed by atoms with van der Waals surface area (Å²) >= 11 is 0. The molecule has 2 unspecified atom stereocenters. The number of carbonyl (C=O) groups excluding carboxylic acids is 2. The minimum atomic E-state index is -0.852. The van der Waals surface area contributed by atoms with Gasteiger partial charge in [0.1, 0.15) is 0 Å². The average Bonchev–Trinajstić information content (AvgIpc) is 3.37. The van der Waals surface area contributed by atoms with Crippen LogP contribution in [0.25, 0.3) is 0 Å². The van der Waals surface area contributed by atoms with Crippen LogP contribution in [0.3, 0.4) is 0 Å². The summed E-state index contributed by atoms with van der Waals surface area (Å²) in [5.41, 5.74) is 0. The summed E-state index contributed by atoms with van der Waals surface area (Å²) in [5.74, 6) is -0.0855. The monoisotopic (exact) mass is 998 g/mol. The summed E-state index contributed by atoms with van der Waals surface area (Å²) < 4.78 is 5.48. The normalized spacial score (nSPS) is 12.8. The van der Waals surface area contributed by atoms with E-state index >= 15 is 0 Å². The zero-order chi connectivity index (χ0) is 51.4. The smallest absolute Gasteiger partial charge is 0.305 e. The highest BCUT2D eigenvalue weighted by molar-refractivity contribution is 5.76. The van der Waals surface area contributed by atoms with Crippen molar-refractivity contribution in [3.05, 3.63) is 36.5 Å². The van der Waals surface area contributed by atoms with E-state index in [1.807, 2.05) is 6.08 Å². The summed E-state index contributed by atoms with van der Waals surface area (Å²) in [6, 6.07) is -0.636. The second-order valence-corrected chi connectivity index (χ2v) is 21.8. The number of allylic oxidation sites excluding steroid dienone is 5. The quantitative estimate of drug-likeness (QED) is 0.0244. The number of carbonyl (C=O) groups is 2. The van der Waals surface area contributed by atoms with E-state index in [1.54, 1.807) is 6.08 Å². The number of nitrogens with one attached hydrogen (secondary N) is 1. The van der Waals surface area contributed by atoms with Gasteiger partial charge in [-0.15, -0.1) is 0 Å². The Hall–Kier alpha value is -1.92. The molecule has 0 aliphatic carbocycles. The number of amides is 1. The van der Waals surface area contributed by atoms with Crippen LogP contribution < -0.4 is 5.32 Å². The Morgan fingerprint density at radius 3 is 1.04 bits per heavy atom. The number of rotatable bonds is 59. The third kappa shape index (κ3) is 57.2. The van der Waals surface area contributed by atoms with E-state index in [0.717, 1.165) is 77.0 Å². The van der Waals surface area contributed by atoms with Crippen molar-refractivity contribution in [2.45, 2.75) is 353 Å². The van der Waals surface area contributed by atoms with Gasteiger partial charge in [-0.3, -0.25) is 9.59 Å². The molecule has 1 amide bonds. The maximum absolute atomic E-state index is 12.5. The maximum Gasteiger partial charge on any atom is 0.305 e. The molecule has 0 aromatic rings. The van der Waals surface area contributed by atoms with E-state index in [9.17, 15) is 19.8 Å². The number of aliphatic hydroxyl groups excluding tert-OH is 2. The molecule has 0 aliphatic rings. The van der Waals surface area contributed by atoms with Gasteiger partial charge in [0.05, 0.1) is 25.4 Å². The van der Waals surface area contributed by atoms with Gasteiger partial charge in [-0.05, 0) is 64.2 Å². The first-order valence-corrected chi connectivity index (χ1v) is 31.8. The van der Waals surface area contributed by atoms with E-state index in [0.29, 0.717) is 19.4 Å². The first kappa shape index (κ1) is 69.1. The molecule has 0 bridgehead atoms. The molecule has 0 rings (SSSR count). The summed E-state index contributed by atoms with van der Waals surface area (Å²) in [4.78, 5) is 24.6. The molecular weight excluding hydrogens is 875 g/mol. The fraction of sp³-hybridized carbons (Fsp3) is 0.877. The molecule has 6 heteroatoms. The predicted molar refractivity (Wildman–Crippen MR) is 310 cm³/mol. The Bertz CT molecular complexity index is 1150. The number of hydrogen-bond acceptors (Lipinski definition) is 5. The van der Waals surface area contributed by atoms with Gasteiger partial charge in [-0.1, -0.05) is 301 Å². The van der Waals surface area contributed by atoms with Gasteiger partial charge < -0.3 is 20.3 Å². The summed E-state index contributed by atoms with van der Waals surface area (Å²) in [5, 5.41) is 23.1. The first-order valence-electron chi connectivity index (χ1n) is 31.8. The van der Waals surface area contributed by atoms with Crippen molar-refractivity contribution < 1.29 is 24.5 Å². The van der Waals surface area contributed by atoms with Crippen molar-refractivity contribution in [3.8, 4) is 0 Å². The van der Waals surface area contributed by atoms with Crippen LogP contribution >= 0.6 is 0 Å². The van der Waals surface area contributed by atoms with Gasteiger partial charge in [-0.2, -0.15) is 0 Å². The largest absolute Gasteiger partial charge is 0.466 e. The number of unbranched alkanes of at least 4 members (excludes halogenated alkanes) is 45. The summed E-state index contributed by atoms with van der Waals surface area (Å²) in [7, 11) is 0. The molecule has 0 heterocycles. The molecule has 0 saturated heterocycles. The lowest BCUT2D eigenvalue weighted by atomic mass is 10.0. The average molecular weight is 999 g/mol. The van der Waals surface area contributed by atoms with E-state index < -0.39 is 12.1 Å². The van der Waals surface area contributed by atoms with Crippen molar-refractivity contribution in [2.24, 2.45) is 0 Å². The van der Waals surface area contributed by atoms with Crippen LogP contribution in [-0.2, 0) is 14.3 Å². The topological polar surface area (TPSA) is 95.9 Å². The number of esters is 1. The van der Waals surface area contributed by atoms with E-state index in [-0.39, 0.29) is 18.5 Å². The van der Waals surface area contributed by atoms with Crippen LogP contribution in [0, 0.1) is 0 Å². The number of ether oxygens (including phenoxy) is 1. The molecule has 0 aliphatic heterocycles. The van der Waals surface area contributed by atoms with Gasteiger partial charge in [0.15, 0.2) is 0 Å². The zero-order valence-electron chi connectivity index (χ0n) is 47.7. The lowest BCUT2D eigenvalue weighted by molar-refractivity contribution is -0.143. The molecule has 2 atom stereocenters. The van der Waals surface area contributed by atoms with E-state index in [4.69, 9.17) is 4.74 Å². The van der Waals surface area contributed by atoms with Crippen molar-refractivity contribution in [2.75, 3.05) is 13.2 Å². The molecule has 0 radical (unpaired) electrons. The highest BCUT2D eigenvalue weighted by Crippen LogP contribution is 2.17. The van der Waals surface area contributed by atoms with Crippen LogP contribution in [0.5, 0.6) is 0 Å². The highest BCUT2D eigenvalue weighted by atomic mass is 16.5. The minimum Gasteiger partial charge on any atom is -0.466 e. The Kier molecular flexibility index (Phi) is 59.0. The molecule has 0 spiro atoms. The predicted octanol–water partition coefficient (Wildman–Crippen LogP) is 20.0. The fourth-order valence-electron chi connectivity index (χ4n) is 9.80. The van der Waals surface area contributed by atoms with E-state index in [1.165, 1.54) is 238 Å². The van der Waals surface area contributed by atoms with Crippen LogP contribution in [-0.4, -0.2) is 47.4 Å². The standard InChI is InChI=1S/C65H123NO5/c1-3-5-7-9-11-13-15-17-19-21-23-27-31-35-39-43-47-51-55-59-65(70)71-60-56-52-48-44-40-36-32-28-25-22-24-26-30-34-38-42-46-50-54-58-64(69)66-62(61-67)63(68)57-53-49-45-41-37-33-29-20-18-16-14-12-10-8-6-4-2/h28,32,36,40,53,57,62-63,67-68H,3-27,29-31,33-35,37-39,41-52,54-56,58-61H2,1-2H3,(H,66,69)/b32-28-,40-36-,57-53+. The third-order valence-electron chi connectivity index (χ3n) is 14.7. The van der Waals surface area contributed by atoms with Crippen LogP contribution in [0.2, 0.25) is 0 Å². The van der Waals surface area contributed by atoms with Gasteiger partial charge in [-0.25, -0.2) is 0 Å². The number of aliphatic hydroxyl groups is 2. The molecule has 3 N–H and O–H groups in total. The van der Waals surface area contributed by atoms with Crippen LogP contribution in [0.15, 0.2) is 36.5 Å².